The molecule has 2 atom stereocenters. The van der Waals surface area contributed by atoms with Gasteiger partial charge in [-0.15, -0.1) is 0 Å². The molecule has 0 aliphatic carbocycles. The molecule has 1 aromatic heterocycles. The lowest BCUT2D eigenvalue weighted by Gasteiger charge is -2.06. The molecule has 1 amide bonds. The molecular weight excluding hydrogens is 216 g/mol. The van der Waals surface area contributed by atoms with Crippen molar-refractivity contribution in [3.8, 4) is 0 Å². The van der Waals surface area contributed by atoms with Crippen molar-refractivity contribution in [2.75, 3.05) is 0 Å². The van der Waals surface area contributed by atoms with Crippen LogP contribution in [0.1, 0.15) is 23.4 Å². The zero-order valence-corrected chi connectivity index (χ0v) is 9.03. The second-order valence-electron chi connectivity index (χ2n) is 3.14. The maximum atomic E-state index is 10.8. The Hall–Kier alpha value is -1.27. The number of aromatic nitrogens is 1. The first-order valence-electron chi connectivity index (χ1n) is 4.33. The van der Waals surface area contributed by atoms with Crippen LogP contribution >= 0.6 is 0 Å². The first-order valence-corrected chi connectivity index (χ1v) is 5.50. The Balaban J connectivity index is 2.80. The number of carbonyl (C=O) groups is 1. The predicted molar refractivity (Wildman–Crippen MR) is 56.3 cm³/mol. The molecule has 1 aromatic rings. The molecule has 1 rings (SSSR count). The first-order chi connectivity index (χ1) is 7.00. The van der Waals surface area contributed by atoms with Crippen molar-refractivity contribution in [2.45, 2.75) is 18.6 Å². The van der Waals surface area contributed by atoms with Crippen LogP contribution in [0.25, 0.3) is 0 Å². The maximum Gasteiger partial charge on any atom is 0.223 e. The van der Waals surface area contributed by atoms with Crippen molar-refractivity contribution in [2.24, 2.45) is 5.73 Å². The predicted octanol–water partition coefficient (Wildman–Crippen LogP) is 0.392. The highest BCUT2D eigenvalue weighted by Gasteiger charge is 2.11. The van der Waals surface area contributed by atoms with Gasteiger partial charge in [-0.25, -0.2) is 4.21 Å². The summed E-state index contributed by atoms with van der Waals surface area (Å²) in [5, 5.41) is -0.486. The van der Waals surface area contributed by atoms with Gasteiger partial charge in [0.05, 0.1) is 11.7 Å². The van der Waals surface area contributed by atoms with Crippen molar-refractivity contribution >= 4 is 17.0 Å². The van der Waals surface area contributed by atoms with Gasteiger partial charge in [-0.2, -0.15) is 0 Å². The Kier molecular flexibility index (Phi) is 3.93. The molecule has 0 bridgehead atoms. The smallest absolute Gasteiger partial charge is 0.223 e. The Morgan fingerprint density at radius 3 is 2.73 bits per heavy atom. The van der Waals surface area contributed by atoms with E-state index in [1.165, 1.54) is 6.20 Å². The van der Waals surface area contributed by atoms with Crippen LogP contribution in [-0.4, -0.2) is 19.7 Å². The average molecular weight is 228 g/mol. The molecule has 5 nitrogen and oxygen atoms in total. The molecule has 15 heavy (non-hydrogen) atoms. The monoisotopic (exact) mass is 228 g/mol. The zero-order chi connectivity index (χ0) is 11.4. The normalized spacial score (nSPS) is 14.5. The summed E-state index contributed by atoms with van der Waals surface area (Å²) in [4.78, 5) is 14.6. The quantitative estimate of drug-likeness (QED) is 0.729. The van der Waals surface area contributed by atoms with Gasteiger partial charge in [-0.3, -0.25) is 9.78 Å². The lowest BCUT2D eigenvalue weighted by molar-refractivity contribution is -0.117. The number of amides is 1. The summed E-state index contributed by atoms with van der Waals surface area (Å²) in [6.07, 6.45) is 1.56. The molecule has 0 fully saturated rings. The third kappa shape index (κ3) is 3.41. The number of nitrogens with two attached hydrogens (primary N) is 1. The molecule has 0 aliphatic rings. The van der Waals surface area contributed by atoms with Gasteiger partial charge in [0.1, 0.15) is 0 Å². The molecule has 0 saturated carbocycles. The van der Waals surface area contributed by atoms with Crippen LogP contribution in [-0.2, 0) is 22.3 Å². The molecule has 6 heteroatoms. The standard InChI is InChI=1S/C9H12N2O3S/c1-6(15(13)14)7-2-3-8(11-5-7)4-9(10)12/h2-3,5-6H,4H2,1H3,(H2,10,12)(H,13,14). The Morgan fingerprint density at radius 2 is 2.33 bits per heavy atom. The SMILES string of the molecule is CC(c1ccc(CC(N)=O)nc1)S(=O)O. The number of nitrogens with zero attached hydrogens (tertiary/aromatic N) is 1. The minimum Gasteiger partial charge on any atom is -0.369 e. The lowest BCUT2D eigenvalue weighted by Crippen LogP contribution is -2.14. The van der Waals surface area contributed by atoms with Crippen LogP contribution in [0.5, 0.6) is 0 Å². The van der Waals surface area contributed by atoms with Gasteiger partial charge >= 0.3 is 0 Å². The topological polar surface area (TPSA) is 93.3 Å². The number of rotatable bonds is 4. The van der Waals surface area contributed by atoms with Crippen LogP contribution in [0.4, 0.5) is 0 Å². The second kappa shape index (κ2) is 4.99. The summed E-state index contributed by atoms with van der Waals surface area (Å²) in [6.45, 7) is 1.63. The second-order valence-corrected chi connectivity index (χ2v) is 4.40. The van der Waals surface area contributed by atoms with Crippen LogP contribution in [0.3, 0.4) is 0 Å². The van der Waals surface area contributed by atoms with Gasteiger partial charge in [0, 0.05) is 11.9 Å². The summed E-state index contributed by atoms with van der Waals surface area (Å²) >= 11 is -1.91. The minimum atomic E-state index is -1.91. The lowest BCUT2D eigenvalue weighted by atomic mass is 10.2. The van der Waals surface area contributed by atoms with Gasteiger partial charge in [0.25, 0.3) is 0 Å². The molecule has 1 heterocycles. The summed E-state index contributed by atoms with van der Waals surface area (Å²) in [7, 11) is 0. The summed E-state index contributed by atoms with van der Waals surface area (Å²) in [5.74, 6) is -0.450. The van der Waals surface area contributed by atoms with Crippen molar-refractivity contribution in [3.63, 3.8) is 0 Å². The number of primary amides is 1. The molecule has 2 unspecified atom stereocenters. The molecule has 82 valence electrons. The van der Waals surface area contributed by atoms with Gasteiger partial charge in [0.15, 0.2) is 11.1 Å². The fraction of sp³-hybridized carbons (Fsp3) is 0.333. The van der Waals surface area contributed by atoms with Gasteiger partial charge in [-0.1, -0.05) is 6.07 Å². The summed E-state index contributed by atoms with van der Waals surface area (Å²) < 4.78 is 19.6. The van der Waals surface area contributed by atoms with E-state index in [0.29, 0.717) is 11.3 Å². The van der Waals surface area contributed by atoms with E-state index in [4.69, 9.17) is 10.3 Å². The van der Waals surface area contributed by atoms with Gasteiger partial charge in [0.2, 0.25) is 5.91 Å². The van der Waals surface area contributed by atoms with Gasteiger partial charge < -0.3 is 10.3 Å². The fourth-order valence-corrected chi connectivity index (χ4v) is 1.45. The maximum absolute atomic E-state index is 10.8. The largest absolute Gasteiger partial charge is 0.369 e. The van der Waals surface area contributed by atoms with Crippen molar-refractivity contribution in [1.82, 2.24) is 4.98 Å². The Morgan fingerprint density at radius 1 is 1.67 bits per heavy atom. The molecule has 3 N–H and O–H groups in total. The number of hydrogen-bond donors (Lipinski definition) is 2. The third-order valence-corrected chi connectivity index (χ3v) is 2.85. The van der Waals surface area contributed by atoms with Crippen LogP contribution in [0.2, 0.25) is 0 Å². The molecule has 0 radical (unpaired) electrons. The van der Waals surface area contributed by atoms with E-state index in [9.17, 15) is 9.00 Å². The molecule has 0 spiro atoms. The minimum absolute atomic E-state index is 0.0802. The van der Waals surface area contributed by atoms with Crippen LogP contribution in [0.15, 0.2) is 18.3 Å². The van der Waals surface area contributed by atoms with E-state index in [-0.39, 0.29) is 6.42 Å². The Bertz CT molecular complexity index is 377. The van der Waals surface area contributed by atoms with Crippen molar-refractivity contribution in [1.29, 1.82) is 0 Å². The van der Waals surface area contributed by atoms with E-state index >= 15 is 0 Å². The average Bonchev–Trinajstić information content (AvgIpc) is 2.17. The van der Waals surface area contributed by atoms with E-state index < -0.39 is 22.2 Å². The van der Waals surface area contributed by atoms with Crippen LogP contribution in [0, 0.1) is 0 Å². The van der Waals surface area contributed by atoms with E-state index in [2.05, 4.69) is 4.98 Å². The molecule has 0 saturated heterocycles. The highest BCUT2D eigenvalue weighted by atomic mass is 32.2. The molecule has 0 aliphatic heterocycles. The van der Waals surface area contributed by atoms with Gasteiger partial charge in [-0.05, 0) is 18.6 Å². The highest BCUT2D eigenvalue weighted by Crippen LogP contribution is 2.16. The van der Waals surface area contributed by atoms with E-state index in [0.717, 1.165) is 0 Å². The van der Waals surface area contributed by atoms with E-state index in [1.54, 1.807) is 19.1 Å². The Labute approximate surface area is 90.0 Å². The van der Waals surface area contributed by atoms with Crippen molar-refractivity contribution < 1.29 is 13.6 Å². The third-order valence-electron chi connectivity index (χ3n) is 1.97. The number of hydrogen-bond acceptors (Lipinski definition) is 3. The number of pyridine rings is 1. The molecule has 0 aromatic carbocycles. The first kappa shape index (κ1) is 11.8. The van der Waals surface area contributed by atoms with Crippen LogP contribution < -0.4 is 5.73 Å². The van der Waals surface area contributed by atoms with Crippen molar-refractivity contribution in [3.05, 3.63) is 29.6 Å². The number of carbonyl (C=O) groups excluding carboxylic acids is 1. The summed E-state index contributed by atoms with van der Waals surface area (Å²) in [6, 6.07) is 3.30. The summed E-state index contributed by atoms with van der Waals surface area (Å²) in [5.41, 5.74) is 6.22. The fourth-order valence-electron chi connectivity index (χ4n) is 1.08. The zero-order valence-electron chi connectivity index (χ0n) is 8.21. The molecular formula is C9H12N2O3S. The highest BCUT2D eigenvalue weighted by molar-refractivity contribution is 7.79. The van der Waals surface area contributed by atoms with E-state index in [1.807, 2.05) is 0 Å².